The van der Waals surface area contributed by atoms with Gasteiger partial charge in [0.15, 0.2) is 0 Å². The van der Waals surface area contributed by atoms with E-state index in [0.717, 1.165) is 57.8 Å². The number of aliphatic hydroxyl groups is 2. The van der Waals surface area contributed by atoms with Gasteiger partial charge in [-0.1, -0.05) is 287 Å². The van der Waals surface area contributed by atoms with Crippen molar-refractivity contribution < 1.29 is 24.5 Å². The fraction of sp³-hybridized carbons (Fsp3) is 0.851. The molecule has 0 aromatic heterocycles. The molecule has 0 saturated carbocycles. The molecular weight excluding hydrogens is 899 g/mol. The van der Waals surface area contributed by atoms with Gasteiger partial charge in [0.2, 0.25) is 5.91 Å². The van der Waals surface area contributed by atoms with Crippen molar-refractivity contribution in [3.05, 3.63) is 48.6 Å². The number of nitrogens with one attached hydrogen (secondary N) is 1. The summed E-state index contributed by atoms with van der Waals surface area (Å²) in [7, 11) is 0. The second-order valence-corrected chi connectivity index (χ2v) is 22.1. The highest BCUT2D eigenvalue weighted by Gasteiger charge is 2.20. The van der Waals surface area contributed by atoms with Crippen LogP contribution in [0.2, 0.25) is 0 Å². The monoisotopic (exact) mass is 1020 g/mol. The first-order chi connectivity index (χ1) is 36.0. The average Bonchev–Trinajstić information content (AvgIpc) is 3.39. The van der Waals surface area contributed by atoms with Crippen molar-refractivity contribution in [3.8, 4) is 0 Å². The molecule has 3 N–H and O–H groups in total. The Bertz CT molecular complexity index is 1230. The van der Waals surface area contributed by atoms with Gasteiger partial charge in [-0.2, -0.15) is 0 Å². The van der Waals surface area contributed by atoms with E-state index in [1.807, 2.05) is 0 Å². The topological polar surface area (TPSA) is 95.9 Å². The van der Waals surface area contributed by atoms with Gasteiger partial charge in [-0.25, -0.2) is 0 Å². The Balaban J connectivity index is 3.44. The van der Waals surface area contributed by atoms with E-state index in [2.05, 4.69) is 67.8 Å². The molecule has 0 heterocycles. The summed E-state index contributed by atoms with van der Waals surface area (Å²) in [5.74, 6) is -0.0449. The van der Waals surface area contributed by atoms with Crippen LogP contribution < -0.4 is 5.32 Å². The molecule has 0 aromatic rings. The van der Waals surface area contributed by atoms with E-state index in [4.69, 9.17) is 4.74 Å². The Hall–Kier alpha value is -2.18. The molecule has 0 fully saturated rings. The summed E-state index contributed by atoms with van der Waals surface area (Å²) in [6, 6.07) is -0.547. The molecular formula is C67H125NO5. The van der Waals surface area contributed by atoms with Gasteiger partial charge in [0.1, 0.15) is 0 Å². The van der Waals surface area contributed by atoms with Gasteiger partial charge in [-0.3, -0.25) is 9.59 Å². The summed E-state index contributed by atoms with van der Waals surface area (Å²) in [5, 5.41) is 23.3. The van der Waals surface area contributed by atoms with Gasteiger partial charge in [0, 0.05) is 12.8 Å². The molecule has 0 aromatic carbocycles. The number of hydrogen-bond acceptors (Lipinski definition) is 5. The van der Waals surface area contributed by atoms with Crippen molar-refractivity contribution in [3.63, 3.8) is 0 Å². The molecule has 0 aliphatic rings. The minimum atomic E-state index is -0.669. The number of ether oxygens (including phenoxy) is 1. The number of unbranched alkanes of at least 4 members (excludes halogenated alkanes) is 41. The average molecular weight is 1020 g/mol. The Labute approximate surface area is 455 Å². The first kappa shape index (κ1) is 70.8. The minimum absolute atomic E-state index is 0.00512. The molecule has 0 rings (SSSR count). The Morgan fingerprint density at radius 3 is 1.07 bits per heavy atom. The molecule has 0 aliphatic heterocycles. The second kappa shape index (κ2) is 62.4. The Kier molecular flexibility index (Phi) is 60.5. The fourth-order valence-corrected chi connectivity index (χ4v) is 9.88. The predicted octanol–water partition coefficient (Wildman–Crippen LogP) is 20.5. The van der Waals surface area contributed by atoms with Gasteiger partial charge >= 0.3 is 5.97 Å². The van der Waals surface area contributed by atoms with E-state index in [0.29, 0.717) is 25.9 Å². The number of aliphatic hydroxyl groups excluding tert-OH is 2. The maximum atomic E-state index is 12.5. The van der Waals surface area contributed by atoms with Crippen molar-refractivity contribution >= 4 is 11.9 Å². The van der Waals surface area contributed by atoms with Crippen LogP contribution in [0.4, 0.5) is 0 Å². The third-order valence-corrected chi connectivity index (χ3v) is 14.9. The third kappa shape index (κ3) is 58.9. The zero-order valence-electron chi connectivity index (χ0n) is 48.9. The van der Waals surface area contributed by atoms with Crippen LogP contribution >= 0.6 is 0 Å². The van der Waals surface area contributed by atoms with Crippen LogP contribution in [-0.4, -0.2) is 47.4 Å². The number of carbonyl (C=O) groups excluding carboxylic acids is 2. The minimum Gasteiger partial charge on any atom is -0.466 e. The van der Waals surface area contributed by atoms with Crippen molar-refractivity contribution in [2.45, 2.75) is 353 Å². The molecule has 1 amide bonds. The SMILES string of the molecule is CCCCC/C=C\C/C=C\CCCCCCCC(=O)OCCCCCCCCCCC/C=C\C/C=C\CCCCCCCCCCCC(=O)NC(CO)C(O)CCCCCCCCCCCCCCCCCC. The van der Waals surface area contributed by atoms with Crippen molar-refractivity contribution in [2.75, 3.05) is 13.2 Å². The van der Waals surface area contributed by atoms with Crippen molar-refractivity contribution in [2.24, 2.45) is 0 Å². The highest BCUT2D eigenvalue weighted by atomic mass is 16.5. The summed E-state index contributed by atoms with van der Waals surface area (Å²) in [6.45, 7) is 4.93. The summed E-state index contributed by atoms with van der Waals surface area (Å²) < 4.78 is 5.47. The molecule has 0 saturated heterocycles. The molecule has 6 nitrogen and oxygen atoms in total. The molecule has 0 spiro atoms. The molecule has 73 heavy (non-hydrogen) atoms. The molecule has 2 atom stereocenters. The maximum absolute atomic E-state index is 12.5. The highest BCUT2D eigenvalue weighted by molar-refractivity contribution is 5.76. The van der Waals surface area contributed by atoms with Gasteiger partial charge in [0.25, 0.3) is 0 Å². The van der Waals surface area contributed by atoms with Gasteiger partial charge < -0.3 is 20.3 Å². The van der Waals surface area contributed by atoms with Crippen LogP contribution in [0.15, 0.2) is 48.6 Å². The van der Waals surface area contributed by atoms with Gasteiger partial charge in [-0.05, 0) is 89.9 Å². The fourth-order valence-electron chi connectivity index (χ4n) is 9.88. The molecule has 6 heteroatoms. The third-order valence-electron chi connectivity index (χ3n) is 14.9. The lowest BCUT2D eigenvalue weighted by Gasteiger charge is -2.22. The van der Waals surface area contributed by atoms with E-state index in [1.54, 1.807) is 0 Å². The van der Waals surface area contributed by atoms with Crippen molar-refractivity contribution in [1.82, 2.24) is 5.32 Å². The van der Waals surface area contributed by atoms with Crippen LogP contribution in [0.25, 0.3) is 0 Å². The molecule has 428 valence electrons. The Morgan fingerprint density at radius 1 is 0.384 bits per heavy atom. The smallest absolute Gasteiger partial charge is 0.305 e. The number of rotatable bonds is 60. The number of amides is 1. The summed E-state index contributed by atoms with van der Waals surface area (Å²) in [5.41, 5.74) is 0. The molecule has 0 aliphatic carbocycles. The van der Waals surface area contributed by atoms with Crippen LogP contribution in [0.1, 0.15) is 341 Å². The first-order valence-corrected chi connectivity index (χ1v) is 32.4. The van der Waals surface area contributed by atoms with Crippen LogP contribution in [0.3, 0.4) is 0 Å². The highest BCUT2D eigenvalue weighted by Crippen LogP contribution is 2.17. The maximum Gasteiger partial charge on any atom is 0.305 e. The summed E-state index contributed by atoms with van der Waals surface area (Å²) >= 11 is 0. The summed E-state index contributed by atoms with van der Waals surface area (Å²) in [6.07, 6.45) is 79.8. The van der Waals surface area contributed by atoms with E-state index >= 15 is 0 Å². The zero-order chi connectivity index (χ0) is 52.9. The van der Waals surface area contributed by atoms with E-state index < -0.39 is 12.1 Å². The van der Waals surface area contributed by atoms with E-state index in [-0.39, 0.29) is 18.5 Å². The lowest BCUT2D eigenvalue weighted by atomic mass is 10.0. The van der Waals surface area contributed by atoms with Crippen molar-refractivity contribution in [1.29, 1.82) is 0 Å². The molecule has 0 bridgehead atoms. The van der Waals surface area contributed by atoms with Crippen LogP contribution in [-0.2, 0) is 14.3 Å². The molecule has 0 radical (unpaired) electrons. The summed E-state index contributed by atoms with van der Waals surface area (Å²) in [4.78, 5) is 24.5. The van der Waals surface area contributed by atoms with E-state index in [9.17, 15) is 19.8 Å². The van der Waals surface area contributed by atoms with Gasteiger partial charge in [0.05, 0.1) is 25.4 Å². The van der Waals surface area contributed by atoms with Gasteiger partial charge in [-0.15, -0.1) is 0 Å². The largest absolute Gasteiger partial charge is 0.466 e. The molecule has 2 unspecified atom stereocenters. The normalized spacial score (nSPS) is 12.9. The first-order valence-electron chi connectivity index (χ1n) is 32.4. The Morgan fingerprint density at radius 2 is 0.685 bits per heavy atom. The number of esters is 1. The predicted molar refractivity (Wildman–Crippen MR) is 319 cm³/mol. The lowest BCUT2D eigenvalue weighted by molar-refractivity contribution is -0.143. The standard InChI is InChI=1S/C67H125NO5/c1-3-5-7-9-11-13-15-17-19-32-35-39-43-47-51-55-59-65(70)64(63-69)68-66(71)60-56-52-48-44-40-36-33-29-27-25-23-21-20-22-24-26-28-30-34-38-42-46-50-54-58-62-73-67(72)61-57-53-49-45-41-37-31-18-16-14-12-10-8-6-4-2/h12,14,18,21-24,31,64-65,69-70H,3-11,13,15-17,19-20,25-30,32-63H2,1-2H3,(H,68,71)/b14-12-,23-21-,24-22-,31-18-. The van der Waals surface area contributed by atoms with Crippen LogP contribution in [0.5, 0.6) is 0 Å². The zero-order valence-corrected chi connectivity index (χ0v) is 48.9. The van der Waals surface area contributed by atoms with E-state index in [1.165, 1.54) is 250 Å². The second-order valence-electron chi connectivity index (χ2n) is 22.1. The lowest BCUT2D eigenvalue weighted by Crippen LogP contribution is -2.45. The quantitative estimate of drug-likeness (QED) is 0.0320. The van der Waals surface area contributed by atoms with Crippen LogP contribution in [0, 0.1) is 0 Å². The number of hydrogen-bond donors (Lipinski definition) is 3. The number of allylic oxidation sites excluding steroid dienone is 8. The number of carbonyl (C=O) groups is 2.